The third kappa shape index (κ3) is 3.15. The van der Waals surface area contributed by atoms with Gasteiger partial charge in [0.25, 0.3) is 0 Å². The zero-order chi connectivity index (χ0) is 14.4. The smallest absolute Gasteiger partial charge is 0.0530 e. The summed E-state index contributed by atoms with van der Waals surface area (Å²) < 4.78 is 0. The molecule has 0 aromatic carbocycles. The highest BCUT2D eigenvalue weighted by Gasteiger charge is 2.40. The first-order chi connectivity index (χ1) is 9.69. The molecule has 3 atom stereocenters. The predicted octanol–water partition coefficient (Wildman–Crippen LogP) is 4.92. The molecule has 0 spiro atoms. The predicted molar refractivity (Wildman–Crippen MR) is 88.5 cm³/mol. The average molecular weight is 271 g/mol. The molecule has 2 aliphatic rings. The number of hydrogen-bond donors (Lipinski definition) is 1. The zero-order valence-electron chi connectivity index (χ0n) is 13.0. The number of nitrogens with two attached hydrogens (primary N) is 1. The lowest BCUT2D eigenvalue weighted by molar-refractivity contribution is 0.283. The van der Waals surface area contributed by atoms with Crippen LogP contribution in [0.15, 0.2) is 48.1 Å². The van der Waals surface area contributed by atoms with E-state index in [1.165, 1.54) is 24.8 Å². The van der Waals surface area contributed by atoms with Crippen molar-refractivity contribution < 1.29 is 0 Å². The summed E-state index contributed by atoms with van der Waals surface area (Å²) in [5, 5.41) is 0. The maximum atomic E-state index is 7.01. The fraction of sp³-hybridized carbons (Fsp3) is 0.579. The second-order valence-corrected chi connectivity index (χ2v) is 6.16. The fourth-order valence-corrected chi connectivity index (χ4v) is 3.46. The topological polar surface area (TPSA) is 26.0 Å². The minimum absolute atomic E-state index is 0.250. The van der Waals surface area contributed by atoms with E-state index in [-0.39, 0.29) is 5.54 Å². The van der Waals surface area contributed by atoms with E-state index in [4.69, 9.17) is 5.73 Å². The Morgan fingerprint density at radius 1 is 1.35 bits per heavy atom. The molecule has 0 heterocycles. The second kappa shape index (κ2) is 7.08. The van der Waals surface area contributed by atoms with Crippen molar-refractivity contribution in [3.05, 3.63) is 48.1 Å². The maximum Gasteiger partial charge on any atom is 0.0530 e. The van der Waals surface area contributed by atoms with Gasteiger partial charge < -0.3 is 5.73 Å². The van der Waals surface area contributed by atoms with Crippen molar-refractivity contribution >= 4 is 0 Å². The van der Waals surface area contributed by atoms with Gasteiger partial charge in [-0.15, -0.1) is 0 Å². The number of rotatable bonds is 5. The Balaban J connectivity index is 2.33. The minimum Gasteiger partial charge on any atom is -0.320 e. The van der Waals surface area contributed by atoms with Crippen molar-refractivity contribution in [2.24, 2.45) is 17.6 Å². The van der Waals surface area contributed by atoms with Gasteiger partial charge in [0.2, 0.25) is 0 Å². The lowest BCUT2D eigenvalue weighted by Crippen LogP contribution is -2.53. The van der Waals surface area contributed by atoms with Crippen LogP contribution in [-0.2, 0) is 0 Å². The van der Waals surface area contributed by atoms with Gasteiger partial charge in [-0.2, -0.15) is 0 Å². The highest BCUT2D eigenvalue weighted by atomic mass is 14.8. The summed E-state index contributed by atoms with van der Waals surface area (Å²) in [4.78, 5) is 0. The van der Waals surface area contributed by atoms with Gasteiger partial charge in [-0.3, -0.25) is 0 Å². The summed E-state index contributed by atoms with van der Waals surface area (Å²) in [5.41, 5.74) is 8.10. The minimum atomic E-state index is -0.250. The standard InChI is InChI=1S/C19H29N/c1-3-4-11-16(2)19(20,17-12-7-5-8-13-17)18-14-9-6-10-15-18/h4,7,9,11-14,16,18H,3,5-6,8,10,15,20H2,1-2H3/b11-4-. The van der Waals surface area contributed by atoms with E-state index in [0.717, 1.165) is 19.3 Å². The highest BCUT2D eigenvalue weighted by molar-refractivity contribution is 5.38. The Kier molecular flexibility index (Phi) is 5.42. The molecule has 0 bridgehead atoms. The summed E-state index contributed by atoms with van der Waals surface area (Å²) in [5.74, 6) is 0.825. The van der Waals surface area contributed by atoms with E-state index in [1.54, 1.807) is 0 Å². The van der Waals surface area contributed by atoms with Crippen LogP contribution in [0.4, 0.5) is 0 Å². The summed E-state index contributed by atoms with van der Waals surface area (Å²) in [6.45, 7) is 4.46. The molecule has 0 saturated carbocycles. The summed E-state index contributed by atoms with van der Waals surface area (Å²) >= 11 is 0. The van der Waals surface area contributed by atoms with Crippen LogP contribution < -0.4 is 5.73 Å². The first-order valence-corrected chi connectivity index (χ1v) is 8.19. The fourth-order valence-electron chi connectivity index (χ4n) is 3.46. The molecule has 110 valence electrons. The molecule has 1 nitrogen and oxygen atoms in total. The molecule has 3 unspecified atom stereocenters. The van der Waals surface area contributed by atoms with Crippen LogP contribution in [0.3, 0.4) is 0 Å². The molecule has 0 amide bonds. The van der Waals surface area contributed by atoms with E-state index in [9.17, 15) is 0 Å². The van der Waals surface area contributed by atoms with E-state index >= 15 is 0 Å². The van der Waals surface area contributed by atoms with Crippen LogP contribution in [0.25, 0.3) is 0 Å². The third-order valence-electron chi connectivity index (χ3n) is 4.78. The molecule has 0 saturated heterocycles. The zero-order valence-corrected chi connectivity index (χ0v) is 13.0. The average Bonchev–Trinajstić information content (AvgIpc) is 2.53. The molecule has 2 rings (SSSR count). The van der Waals surface area contributed by atoms with Gasteiger partial charge in [0.15, 0.2) is 0 Å². The van der Waals surface area contributed by atoms with Crippen molar-refractivity contribution in [3.8, 4) is 0 Å². The van der Waals surface area contributed by atoms with E-state index in [0.29, 0.717) is 11.8 Å². The van der Waals surface area contributed by atoms with Crippen molar-refractivity contribution in [1.82, 2.24) is 0 Å². The van der Waals surface area contributed by atoms with Crippen LogP contribution >= 0.6 is 0 Å². The Morgan fingerprint density at radius 3 is 2.80 bits per heavy atom. The van der Waals surface area contributed by atoms with Crippen molar-refractivity contribution in [3.63, 3.8) is 0 Å². The van der Waals surface area contributed by atoms with Gasteiger partial charge in [-0.05, 0) is 55.9 Å². The van der Waals surface area contributed by atoms with Crippen LogP contribution in [0.1, 0.15) is 52.4 Å². The molecular weight excluding hydrogens is 242 g/mol. The Hall–Kier alpha value is -1.08. The molecule has 0 fully saturated rings. The summed E-state index contributed by atoms with van der Waals surface area (Å²) in [6.07, 6.45) is 23.2. The second-order valence-electron chi connectivity index (χ2n) is 6.16. The Bertz CT molecular complexity index is 427. The van der Waals surface area contributed by atoms with Gasteiger partial charge in [0.1, 0.15) is 0 Å². The largest absolute Gasteiger partial charge is 0.320 e. The van der Waals surface area contributed by atoms with E-state index in [1.807, 2.05) is 0 Å². The Morgan fingerprint density at radius 2 is 2.20 bits per heavy atom. The van der Waals surface area contributed by atoms with Crippen molar-refractivity contribution in [2.45, 2.75) is 57.9 Å². The maximum absolute atomic E-state index is 7.01. The first-order valence-electron chi connectivity index (χ1n) is 8.19. The van der Waals surface area contributed by atoms with Gasteiger partial charge in [-0.25, -0.2) is 0 Å². The van der Waals surface area contributed by atoms with Crippen LogP contribution in [-0.4, -0.2) is 5.54 Å². The van der Waals surface area contributed by atoms with E-state index in [2.05, 4.69) is 56.4 Å². The normalized spacial score (nSPS) is 27.4. The van der Waals surface area contributed by atoms with Gasteiger partial charge in [-0.1, -0.05) is 56.4 Å². The molecule has 0 aromatic heterocycles. The van der Waals surface area contributed by atoms with Gasteiger partial charge in [0.05, 0.1) is 5.54 Å². The quantitative estimate of drug-likeness (QED) is 0.706. The number of allylic oxidation sites excluding steroid dienone is 4. The molecule has 20 heavy (non-hydrogen) atoms. The lowest BCUT2D eigenvalue weighted by Gasteiger charge is -2.43. The molecule has 0 aromatic rings. The number of hydrogen-bond acceptors (Lipinski definition) is 1. The highest BCUT2D eigenvalue weighted by Crippen LogP contribution is 2.39. The van der Waals surface area contributed by atoms with Gasteiger partial charge in [0, 0.05) is 0 Å². The molecule has 2 N–H and O–H groups in total. The van der Waals surface area contributed by atoms with Crippen LogP contribution in [0, 0.1) is 11.8 Å². The van der Waals surface area contributed by atoms with E-state index < -0.39 is 0 Å². The van der Waals surface area contributed by atoms with Gasteiger partial charge >= 0.3 is 0 Å². The summed E-state index contributed by atoms with van der Waals surface area (Å²) in [7, 11) is 0. The first kappa shape index (κ1) is 15.3. The monoisotopic (exact) mass is 271 g/mol. The molecular formula is C19H29N. The molecule has 1 heteroatoms. The third-order valence-corrected chi connectivity index (χ3v) is 4.78. The lowest BCUT2D eigenvalue weighted by atomic mass is 9.66. The summed E-state index contributed by atoms with van der Waals surface area (Å²) in [6, 6.07) is 0. The Labute approximate surface area is 124 Å². The molecule has 0 aliphatic heterocycles. The van der Waals surface area contributed by atoms with Crippen LogP contribution in [0.5, 0.6) is 0 Å². The molecule has 0 radical (unpaired) electrons. The van der Waals surface area contributed by atoms with Crippen molar-refractivity contribution in [1.29, 1.82) is 0 Å². The SMILES string of the molecule is CC/C=C\C(C)C(N)(C1=CCCC=C1)C1C=CCCC1. The van der Waals surface area contributed by atoms with Crippen LogP contribution in [0.2, 0.25) is 0 Å². The molecule has 2 aliphatic carbocycles. The van der Waals surface area contributed by atoms with Crippen molar-refractivity contribution in [2.75, 3.05) is 0 Å².